The van der Waals surface area contributed by atoms with Crippen molar-refractivity contribution in [1.29, 1.82) is 0 Å². The van der Waals surface area contributed by atoms with Crippen molar-refractivity contribution >= 4 is 22.7 Å². The van der Waals surface area contributed by atoms with E-state index >= 15 is 0 Å². The second-order valence-electron chi connectivity index (χ2n) is 11.3. The molecule has 3 atom stereocenters. The number of rotatable bonds is 9. The molecule has 1 unspecified atom stereocenters. The van der Waals surface area contributed by atoms with Crippen molar-refractivity contribution in [1.82, 2.24) is 25.1 Å². The van der Waals surface area contributed by atoms with Crippen molar-refractivity contribution < 1.29 is 19.8 Å². The van der Waals surface area contributed by atoms with Gasteiger partial charge in [0.15, 0.2) is 0 Å². The number of fused-ring (bicyclic) bond motifs is 2. The van der Waals surface area contributed by atoms with Gasteiger partial charge < -0.3 is 20.4 Å². The van der Waals surface area contributed by atoms with Gasteiger partial charge in [-0.15, -0.1) is 6.58 Å². The van der Waals surface area contributed by atoms with Gasteiger partial charge in [-0.1, -0.05) is 91.0 Å². The third kappa shape index (κ3) is 6.03. The first-order valence-electron chi connectivity index (χ1n) is 14.9. The molecule has 6 rings (SSSR count). The van der Waals surface area contributed by atoms with Crippen LogP contribution >= 0.6 is 0 Å². The molecule has 3 N–H and O–H groups in total. The Morgan fingerprint density at radius 1 is 0.955 bits per heavy atom. The SMILES string of the molecule is C=CCN(C(=O)NCc1ccccc1)N1CC(=O)N2[C@@H](Cc3ccc(O)cc3)C(O)N(Cc3cccc4ccccc34)C[C@@H]21. The van der Waals surface area contributed by atoms with Crippen LogP contribution in [-0.4, -0.2) is 80.0 Å². The number of carbonyl (C=O) groups is 2. The van der Waals surface area contributed by atoms with E-state index in [2.05, 4.69) is 36.2 Å². The van der Waals surface area contributed by atoms with Gasteiger partial charge >= 0.3 is 6.03 Å². The summed E-state index contributed by atoms with van der Waals surface area (Å²) in [6.07, 6.45) is 0.577. The number of hydrogen-bond acceptors (Lipinski definition) is 6. The summed E-state index contributed by atoms with van der Waals surface area (Å²) >= 11 is 0. The highest BCUT2D eigenvalue weighted by atomic mass is 16.3. The van der Waals surface area contributed by atoms with Crippen LogP contribution in [0.25, 0.3) is 10.8 Å². The summed E-state index contributed by atoms with van der Waals surface area (Å²) in [6.45, 7) is 5.22. The molecule has 0 aromatic heterocycles. The number of hydrogen-bond donors (Lipinski definition) is 3. The molecule has 0 spiro atoms. The molecule has 2 saturated heterocycles. The Hall–Kier alpha value is -4.70. The largest absolute Gasteiger partial charge is 0.508 e. The summed E-state index contributed by atoms with van der Waals surface area (Å²) < 4.78 is 0. The lowest BCUT2D eigenvalue weighted by molar-refractivity contribution is -0.164. The van der Waals surface area contributed by atoms with Gasteiger partial charge in [0.25, 0.3) is 0 Å². The molecular formula is C35H37N5O4. The van der Waals surface area contributed by atoms with Gasteiger partial charge in [-0.25, -0.2) is 4.79 Å². The number of aliphatic hydroxyl groups is 1. The standard InChI is InChI=1S/C35H37N5O4/c1-2-19-38(35(44)36-21-26-9-4-3-5-10-26)39-24-33(42)40-31(20-25-15-17-29(41)18-16-25)34(43)37(23-32(39)40)22-28-13-8-12-27-11-6-7-14-30(27)28/h2-18,31-32,34,41,43H,1,19-24H2,(H,36,44)/t31-,32+,34?/m0/s1. The molecule has 4 aromatic rings. The third-order valence-corrected chi connectivity index (χ3v) is 8.49. The Labute approximate surface area is 257 Å². The third-order valence-electron chi connectivity index (χ3n) is 8.49. The number of piperazine rings is 1. The molecule has 0 saturated carbocycles. The monoisotopic (exact) mass is 591 g/mol. The summed E-state index contributed by atoms with van der Waals surface area (Å²) in [5, 5.41) is 30.2. The van der Waals surface area contributed by atoms with Gasteiger partial charge in [-0.2, -0.15) is 5.01 Å². The fraction of sp³-hybridized carbons (Fsp3) is 0.257. The first kappa shape index (κ1) is 29.4. The molecule has 0 aliphatic carbocycles. The molecule has 44 heavy (non-hydrogen) atoms. The maximum atomic E-state index is 13.7. The van der Waals surface area contributed by atoms with Gasteiger partial charge in [-0.05, 0) is 46.0 Å². The fourth-order valence-corrected chi connectivity index (χ4v) is 6.35. The van der Waals surface area contributed by atoms with Crippen molar-refractivity contribution in [2.24, 2.45) is 0 Å². The Morgan fingerprint density at radius 2 is 1.68 bits per heavy atom. The van der Waals surface area contributed by atoms with Crippen LogP contribution in [0, 0.1) is 0 Å². The van der Waals surface area contributed by atoms with Gasteiger partial charge in [0.05, 0.1) is 19.1 Å². The van der Waals surface area contributed by atoms with Crippen LogP contribution in [0.2, 0.25) is 0 Å². The van der Waals surface area contributed by atoms with E-state index in [1.165, 1.54) is 0 Å². The van der Waals surface area contributed by atoms with E-state index in [4.69, 9.17) is 0 Å². The predicted molar refractivity (Wildman–Crippen MR) is 169 cm³/mol. The number of amides is 3. The van der Waals surface area contributed by atoms with Gasteiger partial charge in [0.2, 0.25) is 5.91 Å². The Kier molecular flexibility index (Phi) is 8.60. The summed E-state index contributed by atoms with van der Waals surface area (Å²) in [7, 11) is 0. The number of nitrogens with zero attached hydrogens (tertiary/aromatic N) is 4. The number of nitrogens with one attached hydrogen (secondary N) is 1. The molecule has 0 radical (unpaired) electrons. The number of carbonyl (C=O) groups excluding carboxylic acids is 2. The second kappa shape index (κ2) is 12.9. The minimum Gasteiger partial charge on any atom is -0.508 e. The predicted octanol–water partition coefficient (Wildman–Crippen LogP) is 4.07. The molecule has 2 aliphatic rings. The molecule has 9 nitrogen and oxygen atoms in total. The smallest absolute Gasteiger partial charge is 0.332 e. The summed E-state index contributed by atoms with van der Waals surface area (Å²) in [4.78, 5) is 31.0. The summed E-state index contributed by atoms with van der Waals surface area (Å²) in [5.74, 6) is -0.00836. The van der Waals surface area contributed by atoms with Crippen molar-refractivity contribution in [3.63, 3.8) is 0 Å². The van der Waals surface area contributed by atoms with E-state index in [0.717, 1.165) is 27.5 Å². The number of aliphatic hydroxyl groups excluding tert-OH is 1. The number of phenolic OH excluding ortho intramolecular Hbond substituents is 1. The lowest BCUT2D eigenvalue weighted by atomic mass is 9.98. The Morgan fingerprint density at radius 3 is 2.45 bits per heavy atom. The zero-order chi connectivity index (χ0) is 30.6. The van der Waals surface area contributed by atoms with Crippen LogP contribution in [-0.2, 0) is 24.3 Å². The zero-order valence-corrected chi connectivity index (χ0v) is 24.5. The molecule has 0 bridgehead atoms. The minimum absolute atomic E-state index is 0.00182. The molecule has 226 valence electrons. The van der Waals surface area contributed by atoms with E-state index in [0.29, 0.717) is 26.1 Å². The van der Waals surface area contributed by atoms with E-state index < -0.39 is 18.4 Å². The van der Waals surface area contributed by atoms with Gasteiger partial charge in [0.1, 0.15) is 18.1 Å². The number of benzene rings is 4. The number of aromatic hydroxyl groups is 1. The van der Waals surface area contributed by atoms with Gasteiger partial charge in [-0.3, -0.25) is 14.7 Å². The van der Waals surface area contributed by atoms with Crippen molar-refractivity contribution in [3.8, 4) is 5.75 Å². The highest BCUT2D eigenvalue weighted by Gasteiger charge is 2.52. The average Bonchev–Trinajstić information content (AvgIpc) is 3.37. The molecular weight excluding hydrogens is 554 g/mol. The molecule has 2 aliphatic heterocycles. The maximum absolute atomic E-state index is 13.7. The molecule has 2 fully saturated rings. The lowest BCUT2D eigenvalue weighted by Gasteiger charge is -2.49. The van der Waals surface area contributed by atoms with Crippen molar-refractivity contribution in [2.75, 3.05) is 19.6 Å². The number of hydrazine groups is 1. The second-order valence-corrected chi connectivity index (χ2v) is 11.3. The van der Waals surface area contributed by atoms with Crippen LogP contribution in [0.3, 0.4) is 0 Å². The zero-order valence-electron chi connectivity index (χ0n) is 24.5. The first-order chi connectivity index (χ1) is 21.4. The molecule has 9 heteroatoms. The van der Waals surface area contributed by atoms with Crippen LogP contribution in [0.1, 0.15) is 16.7 Å². The summed E-state index contributed by atoms with van der Waals surface area (Å²) in [6, 6.07) is 29.9. The first-order valence-corrected chi connectivity index (χ1v) is 14.9. The number of urea groups is 1. The number of phenols is 1. The fourth-order valence-electron chi connectivity index (χ4n) is 6.35. The molecule has 2 heterocycles. The topological polar surface area (TPSA) is 99.6 Å². The van der Waals surface area contributed by atoms with Crippen LogP contribution < -0.4 is 5.32 Å². The van der Waals surface area contributed by atoms with Crippen LogP contribution in [0.4, 0.5) is 4.79 Å². The Bertz CT molecular complexity index is 1620. The van der Waals surface area contributed by atoms with Gasteiger partial charge in [0, 0.05) is 19.6 Å². The maximum Gasteiger partial charge on any atom is 0.332 e. The Balaban J connectivity index is 1.31. The average molecular weight is 592 g/mol. The van der Waals surface area contributed by atoms with Crippen LogP contribution in [0.5, 0.6) is 5.75 Å². The van der Waals surface area contributed by atoms with Crippen LogP contribution in [0.15, 0.2) is 110 Å². The highest BCUT2D eigenvalue weighted by Crippen LogP contribution is 2.33. The van der Waals surface area contributed by atoms with E-state index in [-0.39, 0.29) is 30.8 Å². The lowest BCUT2D eigenvalue weighted by Crippen LogP contribution is -2.67. The normalized spacial score (nSPS) is 20.4. The van der Waals surface area contributed by atoms with E-state index in [1.54, 1.807) is 45.3 Å². The highest BCUT2D eigenvalue weighted by molar-refractivity contribution is 5.85. The van der Waals surface area contributed by atoms with Crippen molar-refractivity contribution in [3.05, 3.63) is 126 Å². The van der Waals surface area contributed by atoms with E-state index in [9.17, 15) is 19.8 Å². The van der Waals surface area contributed by atoms with Crippen molar-refractivity contribution in [2.45, 2.75) is 37.9 Å². The summed E-state index contributed by atoms with van der Waals surface area (Å²) in [5.41, 5.74) is 2.92. The molecule has 4 aromatic carbocycles. The quantitative estimate of drug-likeness (QED) is 0.254. The minimum atomic E-state index is -0.956. The molecule has 3 amide bonds. The van der Waals surface area contributed by atoms with E-state index in [1.807, 2.05) is 53.4 Å².